The monoisotopic (exact) mass is 264 g/mol. The Bertz CT molecular complexity index is 468. The Balaban J connectivity index is 2.56. The predicted octanol–water partition coefficient (Wildman–Crippen LogP) is 1.76. The Hall–Kier alpha value is -2.21. The van der Waals surface area contributed by atoms with Gasteiger partial charge in [0.05, 0.1) is 11.5 Å². The number of carbonyl (C=O) groups excluding carboxylic acids is 1. The Kier molecular flexibility index (Phi) is 5.69. The number of nitro benzene ring substituents is 1. The highest BCUT2D eigenvalue weighted by atomic mass is 16.6. The van der Waals surface area contributed by atoms with Crippen LogP contribution in [-0.2, 0) is 9.53 Å². The van der Waals surface area contributed by atoms with Crippen LogP contribution in [0, 0.1) is 10.1 Å². The van der Waals surface area contributed by atoms with Crippen LogP contribution in [0.3, 0.4) is 0 Å². The van der Waals surface area contributed by atoms with Crippen molar-refractivity contribution in [2.45, 2.75) is 13.0 Å². The summed E-state index contributed by atoms with van der Waals surface area (Å²) < 4.78 is 4.90. The second kappa shape index (κ2) is 7.27. The summed E-state index contributed by atoms with van der Waals surface area (Å²) in [7, 11) is 1.56. The van der Waals surface area contributed by atoms with E-state index in [4.69, 9.17) is 4.74 Å². The summed E-state index contributed by atoms with van der Waals surface area (Å²) in [5.74, 6) is -0.233. The molecule has 1 atom stereocenters. The van der Waals surface area contributed by atoms with Crippen LogP contribution >= 0.6 is 0 Å². The van der Waals surface area contributed by atoms with E-state index in [0.29, 0.717) is 6.61 Å². The van der Waals surface area contributed by atoms with Crippen molar-refractivity contribution in [1.29, 1.82) is 0 Å². The van der Waals surface area contributed by atoms with E-state index in [0.717, 1.165) is 5.56 Å². The van der Waals surface area contributed by atoms with Crippen LogP contribution in [0.2, 0.25) is 0 Å². The van der Waals surface area contributed by atoms with Gasteiger partial charge in [-0.15, -0.1) is 0 Å². The molecule has 0 aliphatic carbocycles. The van der Waals surface area contributed by atoms with Crippen molar-refractivity contribution in [3.05, 3.63) is 46.0 Å². The normalized spacial score (nSPS) is 12.3. The van der Waals surface area contributed by atoms with Gasteiger partial charge in [-0.1, -0.05) is 0 Å². The number of nitrogens with zero attached hydrogens (tertiary/aromatic N) is 1. The molecule has 102 valence electrons. The van der Waals surface area contributed by atoms with Crippen LogP contribution in [0.15, 0.2) is 30.3 Å². The first kappa shape index (κ1) is 14.8. The molecule has 0 fully saturated rings. The van der Waals surface area contributed by atoms with Crippen LogP contribution in [-0.4, -0.2) is 30.6 Å². The molecular weight excluding hydrogens is 248 g/mol. The highest BCUT2D eigenvalue weighted by Crippen LogP contribution is 2.12. The van der Waals surface area contributed by atoms with Gasteiger partial charge in [-0.2, -0.15) is 0 Å². The largest absolute Gasteiger partial charge is 0.383 e. The van der Waals surface area contributed by atoms with Gasteiger partial charge >= 0.3 is 0 Å². The third-order valence-corrected chi connectivity index (χ3v) is 2.34. The summed E-state index contributed by atoms with van der Waals surface area (Å²) in [4.78, 5) is 21.5. The van der Waals surface area contributed by atoms with Gasteiger partial charge in [0.2, 0.25) is 5.91 Å². The Morgan fingerprint density at radius 2 is 2.11 bits per heavy atom. The minimum absolute atomic E-state index is 0.0234. The first-order valence-electron chi connectivity index (χ1n) is 5.75. The molecule has 1 unspecified atom stereocenters. The van der Waals surface area contributed by atoms with Crippen LogP contribution in [0.5, 0.6) is 0 Å². The van der Waals surface area contributed by atoms with Crippen molar-refractivity contribution in [2.75, 3.05) is 13.7 Å². The molecule has 19 heavy (non-hydrogen) atoms. The van der Waals surface area contributed by atoms with Crippen molar-refractivity contribution in [3.8, 4) is 0 Å². The maximum Gasteiger partial charge on any atom is 0.269 e. The van der Waals surface area contributed by atoms with Gasteiger partial charge in [0.15, 0.2) is 0 Å². The van der Waals surface area contributed by atoms with E-state index in [9.17, 15) is 14.9 Å². The van der Waals surface area contributed by atoms with Gasteiger partial charge in [-0.25, -0.2) is 0 Å². The number of hydrogen-bond acceptors (Lipinski definition) is 4. The zero-order chi connectivity index (χ0) is 14.3. The molecule has 1 rings (SSSR count). The number of ether oxygens (including phenoxy) is 1. The quantitative estimate of drug-likeness (QED) is 0.482. The maximum absolute atomic E-state index is 11.5. The average Bonchev–Trinajstić information content (AvgIpc) is 2.37. The molecule has 0 bridgehead atoms. The molecule has 0 aliphatic heterocycles. The van der Waals surface area contributed by atoms with Crippen molar-refractivity contribution < 1.29 is 14.5 Å². The second-order valence-corrected chi connectivity index (χ2v) is 4.05. The molecule has 6 heteroatoms. The molecule has 1 aromatic carbocycles. The zero-order valence-electron chi connectivity index (χ0n) is 10.8. The summed E-state index contributed by atoms with van der Waals surface area (Å²) >= 11 is 0. The van der Waals surface area contributed by atoms with Gasteiger partial charge in [0, 0.05) is 31.4 Å². The van der Waals surface area contributed by atoms with Gasteiger partial charge in [0.1, 0.15) is 0 Å². The first-order valence-corrected chi connectivity index (χ1v) is 5.75. The molecular formula is C13H16N2O4. The van der Waals surface area contributed by atoms with E-state index < -0.39 is 4.92 Å². The summed E-state index contributed by atoms with van der Waals surface area (Å²) in [6.07, 6.45) is 2.98. The molecule has 0 saturated heterocycles. The standard InChI is InChI=1S/C13H16N2O4/c1-10(9-19-2)14-13(16)8-5-11-3-6-12(7-4-11)15(17)18/h3-8,10H,9H2,1-2H3,(H,14,16). The number of nitrogens with one attached hydrogen (secondary N) is 1. The molecule has 0 spiro atoms. The van der Waals surface area contributed by atoms with E-state index in [2.05, 4.69) is 5.32 Å². The van der Waals surface area contributed by atoms with Gasteiger partial charge in [0.25, 0.3) is 5.69 Å². The number of methoxy groups -OCH3 is 1. The third kappa shape index (κ3) is 5.31. The smallest absolute Gasteiger partial charge is 0.269 e. The van der Waals surface area contributed by atoms with E-state index in [1.165, 1.54) is 18.2 Å². The highest BCUT2D eigenvalue weighted by Gasteiger charge is 2.04. The molecule has 0 aliphatic rings. The Morgan fingerprint density at radius 3 is 2.63 bits per heavy atom. The molecule has 6 nitrogen and oxygen atoms in total. The fourth-order valence-electron chi connectivity index (χ4n) is 1.46. The minimum atomic E-state index is -0.466. The van der Waals surface area contributed by atoms with E-state index in [1.807, 2.05) is 6.92 Å². The lowest BCUT2D eigenvalue weighted by molar-refractivity contribution is -0.384. The van der Waals surface area contributed by atoms with Crippen LogP contribution < -0.4 is 5.32 Å². The first-order chi connectivity index (χ1) is 9.02. The minimum Gasteiger partial charge on any atom is -0.383 e. The molecule has 0 heterocycles. The number of rotatable bonds is 6. The predicted molar refractivity (Wildman–Crippen MR) is 71.6 cm³/mol. The van der Waals surface area contributed by atoms with Crippen LogP contribution in [0.25, 0.3) is 6.08 Å². The van der Waals surface area contributed by atoms with Crippen molar-refractivity contribution in [1.82, 2.24) is 5.32 Å². The number of carbonyl (C=O) groups is 1. The molecule has 0 saturated carbocycles. The highest BCUT2D eigenvalue weighted by molar-refractivity contribution is 5.91. The SMILES string of the molecule is COCC(C)NC(=O)C=Cc1ccc([N+](=O)[O-])cc1. The van der Waals surface area contributed by atoms with E-state index in [-0.39, 0.29) is 17.6 Å². The second-order valence-electron chi connectivity index (χ2n) is 4.05. The molecule has 1 N–H and O–H groups in total. The average molecular weight is 264 g/mol. The van der Waals surface area contributed by atoms with E-state index >= 15 is 0 Å². The molecule has 1 amide bonds. The summed E-state index contributed by atoms with van der Waals surface area (Å²) in [6, 6.07) is 5.89. The van der Waals surface area contributed by atoms with Crippen molar-refractivity contribution >= 4 is 17.7 Å². The summed E-state index contributed by atoms with van der Waals surface area (Å²) in [5, 5.41) is 13.2. The van der Waals surface area contributed by atoms with Crippen molar-refractivity contribution in [2.24, 2.45) is 0 Å². The number of benzene rings is 1. The van der Waals surface area contributed by atoms with Crippen LogP contribution in [0.4, 0.5) is 5.69 Å². The van der Waals surface area contributed by atoms with Crippen molar-refractivity contribution in [3.63, 3.8) is 0 Å². The topological polar surface area (TPSA) is 81.5 Å². The Labute approximate surface area is 111 Å². The lowest BCUT2D eigenvalue weighted by Crippen LogP contribution is -2.34. The number of amides is 1. The number of hydrogen-bond donors (Lipinski definition) is 1. The summed E-state index contributed by atoms with van der Waals surface area (Å²) in [5.41, 5.74) is 0.746. The van der Waals surface area contributed by atoms with Crippen LogP contribution in [0.1, 0.15) is 12.5 Å². The molecule has 0 radical (unpaired) electrons. The lowest BCUT2D eigenvalue weighted by Gasteiger charge is -2.10. The van der Waals surface area contributed by atoms with E-state index in [1.54, 1.807) is 25.3 Å². The zero-order valence-corrected chi connectivity index (χ0v) is 10.8. The molecule has 1 aromatic rings. The lowest BCUT2D eigenvalue weighted by atomic mass is 10.2. The van der Waals surface area contributed by atoms with Gasteiger partial charge in [-0.3, -0.25) is 14.9 Å². The summed E-state index contributed by atoms with van der Waals surface area (Å²) in [6.45, 7) is 2.28. The Morgan fingerprint density at radius 1 is 1.47 bits per heavy atom. The third-order valence-electron chi connectivity index (χ3n) is 2.34. The fraction of sp³-hybridized carbons (Fsp3) is 0.308. The maximum atomic E-state index is 11.5. The van der Waals surface area contributed by atoms with Gasteiger partial charge < -0.3 is 10.1 Å². The number of non-ortho nitro benzene ring substituents is 1. The van der Waals surface area contributed by atoms with Gasteiger partial charge in [-0.05, 0) is 30.7 Å². The number of nitro groups is 1. The molecule has 0 aromatic heterocycles. The fourth-order valence-corrected chi connectivity index (χ4v) is 1.46.